The van der Waals surface area contributed by atoms with Crippen molar-refractivity contribution >= 4 is 39.5 Å². The molecule has 0 radical (unpaired) electrons. The number of carbonyl (C=O) groups excluding carboxylic acids is 3. The number of allylic oxidation sites excluding steroid dienone is 1. The van der Waals surface area contributed by atoms with E-state index in [9.17, 15) is 32.3 Å². The quantitative estimate of drug-likeness (QED) is 0.163. The van der Waals surface area contributed by atoms with Crippen molar-refractivity contribution in [1.29, 1.82) is 0 Å². The number of halogens is 4. The van der Waals surface area contributed by atoms with Crippen molar-refractivity contribution < 1.29 is 27.6 Å². The zero-order chi connectivity index (χ0) is 43.9. The number of ketones is 1. The van der Waals surface area contributed by atoms with E-state index in [1.165, 1.54) is 25.1 Å². The Morgan fingerprint density at radius 3 is 2.22 bits per heavy atom. The van der Waals surface area contributed by atoms with E-state index in [0.29, 0.717) is 41.3 Å². The zero-order valence-electron chi connectivity index (χ0n) is 35.3. The highest BCUT2D eigenvalue weighted by molar-refractivity contribution is 9.10. The fraction of sp³-hybridized carbons (Fsp3) is 0.489. The van der Waals surface area contributed by atoms with Gasteiger partial charge in [-0.2, -0.15) is 13.2 Å². The van der Waals surface area contributed by atoms with Crippen LogP contribution < -0.4 is 16.6 Å². The van der Waals surface area contributed by atoms with Gasteiger partial charge in [0.2, 0.25) is 11.9 Å². The van der Waals surface area contributed by atoms with Crippen LogP contribution in [0.2, 0.25) is 0 Å². The molecular weight excluding hydrogens is 825 g/mol. The number of anilines is 1. The molecule has 2 heterocycles. The van der Waals surface area contributed by atoms with E-state index < -0.39 is 23.7 Å². The number of hydrogen-bond donors (Lipinski definition) is 2. The Labute approximate surface area is 354 Å². The van der Waals surface area contributed by atoms with Crippen LogP contribution in [0.15, 0.2) is 76.2 Å². The Morgan fingerprint density at radius 2 is 1.69 bits per heavy atom. The highest BCUT2D eigenvalue weighted by Crippen LogP contribution is 2.35. The van der Waals surface area contributed by atoms with E-state index in [1.807, 2.05) is 34.6 Å². The molecule has 0 bridgehead atoms. The summed E-state index contributed by atoms with van der Waals surface area (Å²) in [5.74, 6) is -0.642. The number of alkyl halides is 3. The minimum absolute atomic E-state index is 0.0109. The maximum absolute atomic E-state index is 14.0. The van der Waals surface area contributed by atoms with Gasteiger partial charge in [-0.05, 0) is 107 Å². The lowest BCUT2D eigenvalue weighted by atomic mass is 9.84. The summed E-state index contributed by atoms with van der Waals surface area (Å²) in [7, 11) is 1.46. The molecule has 10 nitrogen and oxygen atoms in total. The number of fused-ring (bicyclic) bond motifs is 1. The third-order valence-corrected chi connectivity index (χ3v) is 11.8. The molecule has 2 aromatic carbocycles. The predicted molar refractivity (Wildman–Crippen MR) is 230 cm³/mol. The number of nitrogens with one attached hydrogen (secondary N) is 1. The second-order valence-electron chi connectivity index (χ2n) is 16.5. The molecule has 1 saturated carbocycles. The second kappa shape index (κ2) is 20.1. The first-order valence-electron chi connectivity index (χ1n) is 20.1. The number of hydrogen-bond acceptors (Lipinski definition) is 8. The van der Waals surface area contributed by atoms with Crippen LogP contribution in [0.3, 0.4) is 0 Å². The zero-order valence-corrected chi connectivity index (χ0v) is 36.9. The summed E-state index contributed by atoms with van der Waals surface area (Å²) in [6, 6.07) is 10.2. The monoisotopic (exact) mass is 882 g/mol. The molecule has 4 unspecified atom stereocenters. The molecule has 0 saturated heterocycles. The van der Waals surface area contributed by atoms with Gasteiger partial charge in [-0.1, -0.05) is 66.9 Å². The third-order valence-electron chi connectivity index (χ3n) is 11.1. The first-order valence-corrected chi connectivity index (χ1v) is 20.9. The van der Waals surface area contributed by atoms with Crippen LogP contribution >= 0.6 is 15.9 Å². The van der Waals surface area contributed by atoms with Gasteiger partial charge in [0.25, 0.3) is 11.5 Å². The topological polar surface area (TPSA) is 131 Å². The molecule has 3 N–H and O–H groups in total. The molecular formula is C45H58BrF3N6O4. The summed E-state index contributed by atoms with van der Waals surface area (Å²) < 4.78 is 38.2. The molecule has 5 rings (SSSR count). The van der Waals surface area contributed by atoms with Crippen molar-refractivity contribution in [3.63, 3.8) is 0 Å². The molecule has 2 amide bonds. The largest absolute Gasteiger partial charge is 0.417 e. The molecule has 1 fully saturated rings. The van der Waals surface area contributed by atoms with Gasteiger partial charge in [0.1, 0.15) is 5.78 Å². The lowest BCUT2D eigenvalue weighted by Crippen LogP contribution is -2.41. The van der Waals surface area contributed by atoms with Crippen LogP contribution in [0, 0.1) is 24.7 Å². The number of carbonyl (C=O) groups is 3. The number of amides is 2. The van der Waals surface area contributed by atoms with E-state index in [0.717, 1.165) is 29.5 Å². The maximum Gasteiger partial charge on any atom is 0.417 e. The van der Waals surface area contributed by atoms with Gasteiger partial charge in [0.15, 0.2) is 0 Å². The first kappa shape index (κ1) is 47.1. The van der Waals surface area contributed by atoms with Crippen LogP contribution in [0.5, 0.6) is 0 Å². The Kier molecular flexibility index (Phi) is 16.1. The van der Waals surface area contributed by atoms with Gasteiger partial charge < -0.3 is 16.0 Å². The summed E-state index contributed by atoms with van der Waals surface area (Å²) in [4.78, 5) is 61.7. The van der Waals surface area contributed by atoms with Crippen molar-refractivity contribution in [2.24, 2.45) is 23.5 Å². The molecule has 1 aromatic heterocycles. The molecule has 3 aromatic rings. The van der Waals surface area contributed by atoms with E-state index in [-0.39, 0.29) is 64.4 Å². The highest BCUT2D eigenvalue weighted by atomic mass is 79.9. The highest BCUT2D eigenvalue weighted by Gasteiger charge is 2.33. The smallest absolute Gasteiger partial charge is 0.369 e. The van der Waals surface area contributed by atoms with Crippen molar-refractivity contribution in [2.45, 2.75) is 118 Å². The van der Waals surface area contributed by atoms with Gasteiger partial charge in [-0.25, -0.2) is 9.55 Å². The summed E-state index contributed by atoms with van der Waals surface area (Å²) >= 11 is 2.85. The molecule has 4 atom stereocenters. The van der Waals surface area contributed by atoms with Crippen LogP contribution in [0.4, 0.5) is 19.1 Å². The van der Waals surface area contributed by atoms with E-state index >= 15 is 0 Å². The lowest BCUT2D eigenvalue weighted by molar-refractivity contribution is -0.138. The van der Waals surface area contributed by atoms with Gasteiger partial charge >= 0.3 is 6.18 Å². The number of nitrogens with zero attached hydrogens (tertiary/aromatic N) is 4. The fourth-order valence-electron chi connectivity index (χ4n) is 6.78. The maximum atomic E-state index is 14.0. The van der Waals surface area contributed by atoms with Crippen LogP contribution in [-0.2, 0) is 28.7 Å². The van der Waals surface area contributed by atoms with Crippen molar-refractivity contribution in [1.82, 2.24) is 19.4 Å². The summed E-state index contributed by atoms with van der Waals surface area (Å²) in [6.45, 7) is 17.9. The molecule has 2 aliphatic rings. The second-order valence-corrected chi connectivity index (χ2v) is 17.3. The number of Topliss-reactive ketones (excluding diaryl/α,β-unsaturated/α-hetero) is 1. The average molecular weight is 884 g/mol. The molecule has 1 aliphatic heterocycles. The van der Waals surface area contributed by atoms with Crippen LogP contribution in [0.1, 0.15) is 106 Å². The van der Waals surface area contributed by atoms with E-state index in [2.05, 4.69) is 45.8 Å². The minimum atomic E-state index is -4.27. The van der Waals surface area contributed by atoms with E-state index in [4.69, 9.17) is 10.7 Å². The molecule has 0 spiro atoms. The molecule has 320 valence electrons. The fourth-order valence-corrected chi connectivity index (χ4v) is 7.25. The predicted octanol–water partition coefficient (Wildman–Crippen LogP) is 9.01. The van der Waals surface area contributed by atoms with Gasteiger partial charge in [-0.15, -0.1) is 6.58 Å². The summed E-state index contributed by atoms with van der Waals surface area (Å²) in [5.41, 5.74) is 9.65. The Balaban J connectivity index is 0.000000548. The number of nitrogens with two attached hydrogens (primary N) is 1. The third kappa shape index (κ3) is 12.0. The first-order chi connectivity index (χ1) is 27.6. The Morgan fingerprint density at radius 1 is 1.05 bits per heavy atom. The molecule has 59 heavy (non-hydrogen) atoms. The van der Waals surface area contributed by atoms with Crippen molar-refractivity contribution in [2.75, 3.05) is 12.4 Å². The van der Waals surface area contributed by atoms with Crippen LogP contribution in [-0.4, -0.2) is 62.1 Å². The van der Waals surface area contributed by atoms with Crippen molar-refractivity contribution in [3.05, 3.63) is 110 Å². The van der Waals surface area contributed by atoms with Gasteiger partial charge in [0, 0.05) is 47.6 Å². The number of rotatable bonds is 13. The number of imide groups is 1. The number of aryl methyl sites for hydroxylation is 1. The SMILES string of the molecule is C=CC(C)Nc1nc2c(c(=O)n1-c1ccc(C(=O)N(C)C(=O)CC(CC(=O)C(N)C(C)C)C(C)C)cc1)CC(C)N(C=C1CCC1)C2.Cc1ccc(Br)c(C(F)(F)F)c1. The standard InChI is InChI=1S/C37H52N6O4.C8H6BrF3/c1-9-24(6)39-37-40-31-21-42(20-26-11-10-12-26)25(7)17-30(31)36(47)43(37)29-15-13-27(14-16-29)35(46)41(8)33(45)19-28(22(2)3)18-32(44)34(38)23(4)5;1-5-2-3-7(9)6(4-5)8(10,11)12/h9,13-16,20,22-25,28,34H,1,10-12,17-19,21,38H2,2-8H3,(H,39,40);2-4H,1H3. The average Bonchev–Trinajstić information content (AvgIpc) is 3.16. The molecule has 14 heteroatoms. The van der Waals surface area contributed by atoms with Gasteiger partial charge in [0.05, 0.1) is 29.5 Å². The number of benzene rings is 2. The van der Waals surface area contributed by atoms with Gasteiger partial charge in [-0.3, -0.25) is 24.1 Å². The Hall–Kier alpha value is -4.56. The number of aromatic nitrogens is 2. The normalized spacial score (nSPS) is 16.6. The summed E-state index contributed by atoms with van der Waals surface area (Å²) in [6.07, 6.45) is 4.04. The minimum Gasteiger partial charge on any atom is -0.369 e. The van der Waals surface area contributed by atoms with Crippen molar-refractivity contribution in [3.8, 4) is 5.69 Å². The van der Waals surface area contributed by atoms with E-state index in [1.54, 1.807) is 47.9 Å². The van der Waals surface area contributed by atoms with Crippen LogP contribution in [0.25, 0.3) is 5.69 Å². The Bertz CT molecular complexity index is 2090. The molecule has 1 aliphatic carbocycles. The summed E-state index contributed by atoms with van der Waals surface area (Å²) in [5, 5.41) is 3.31. The lowest BCUT2D eigenvalue weighted by Gasteiger charge is -2.35.